The molecule has 4 heteroatoms. The van der Waals surface area contributed by atoms with Crippen LogP contribution >= 0.6 is 0 Å². The molecule has 0 fully saturated rings. The smallest absolute Gasteiger partial charge is 0.225 e. The van der Waals surface area contributed by atoms with Crippen LogP contribution in [0.25, 0.3) is 0 Å². The molecule has 0 bridgehead atoms. The number of hydrogen-bond donors (Lipinski definition) is 1. The third-order valence-electron chi connectivity index (χ3n) is 3.74. The lowest BCUT2D eigenvalue weighted by Gasteiger charge is -2.30. The normalized spacial score (nSPS) is 12.6. The quantitative estimate of drug-likeness (QED) is 0.583. The lowest BCUT2D eigenvalue weighted by Crippen LogP contribution is -2.45. The highest BCUT2D eigenvalue weighted by Crippen LogP contribution is 2.22. The summed E-state index contributed by atoms with van der Waals surface area (Å²) in [5, 5.41) is 3.03. The van der Waals surface area contributed by atoms with Crippen LogP contribution in [0.1, 0.15) is 89.0 Å². The minimum Gasteiger partial charge on any atom is -0.376 e. The average Bonchev–Trinajstić information content (AvgIpc) is 2.44. The van der Waals surface area contributed by atoms with Gasteiger partial charge in [-0.05, 0) is 53.4 Å². The van der Waals surface area contributed by atoms with E-state index in [4.69, 9.17) is 9.47 Å². The van der Waals surface area contributed by atoms with Crippen LogP contribution < -0.4 is 5.32 Å². The van der Waals surface area contributed by atoms with Crippen LogP contribution in [0.2, 0.25) is 0 Å². The molecule has 0 aromatic carbocycles. The van der Waals surface area contributed by atoms with Crippen LogP contribution in [-0.2, 0) is 14.3 Å². The number of carbonyl (C=O) groups is 1. The van der Waals surface area contributed by atoms with Gasteiger partial charge in [-0.15, -0.1) is 0 Å². The third-order valence-corrected chi connectivity index (χ3v) is 3.74. The van der Waals surface area contributed by atoms with Crippen molar-refractivity contribution >= 4 is 5.91 Å². The van der Waals surface area contributed by atoms with E-state index in [1.54, 1.807) is 0 Å². The summed E-state index contributed by atoms with van der Waals surface area (Å²) in [6.45, 7) is 24.2. The number of amides is 1. The zero-order chi connectivity index (χ0) is 20.3. The molecule has 0 aromatic rings. The first-order valence-electron chi connectivity index (χ1n) is 9.81. The van der Waals surface area contributed by atoms with Crippen LogP contribution in [0.3, 0.4) is 0 Å². The van der Waals surface area contributed by atoms with E-state index >= 15 is 0 Å². The molecule has 0 spiro atoms. The fourth-order valence-corrected chi connectivity index (χ4v) is 1.88. The van der Waals surface area contributed by atoms with Crippen molar-refractivity contribution in [2.75, 3.05) is 19.8 Å². The van der Waals surface area contributed by atoms with Crippen LogP contribution in [0, 0.1) is 11.3 Å². The Morgan fingerprint density at radius 3 is 1.88 bits per heavy atom. The van der Waals surface area contributed by atoms with E-state index in [1.165, 1.54) is 0 Å². The Labute approximate surface area is 157 Å². The maximum Gasteiger partial charge on any atom is 0.225 e. The van der Waals surface area contributed by atoms with E-state index in [1.807, 2.05) is 62.3 Å². The SMILES string of the molecule is CC.CC(C)CCOC(C)(C)CNC(=O)C(C)(C)CCOC(C)(C)C. The first-order valence-corrected chi connectivity index (χ1v) is 9.81. The van der Waals surface area contributed by atoms with E-state index in [0.29, 0.717) is 25.5 Å². The van der Waals surface area contributed by atoms with E-state index in [9.17, 15) is 4.79 Å². The van der Waals surface area contributed by atoms with Gasteiger partial charge in [0.2, 0.25) is 5.91 Å². The largest absolute Gasteiger partial charge is 0.376 e. The summed E-state index contributed by atoms with van der Waals surface area (Å²) in [7, 11) is 0. The molecule has 0 unspecified atom stereocenters. The van der Waals surface area contributed by atoms with Gasteiger partial charge >= 0.3 is 0 Å². The molecule has 0 radical (unpaired) electrons. The fourth-order valence-electron chi connectivity index (χ4n) is 1.88. The maximum atomic E-state index is 12.4. The highest BCUT2D eigenvalue weighted by Gasteiger charge is 2.30. The van der Waals surface area contributed by atoms with Crippen LogP contribution in [0.5, 0.6) is 0 Å². The van der Waals surface area contributed by atoms with Crippen molar-refractivity contribution in [2.24, 2.45) is 11.3 Å². The number of ether oxygens (including phenoxy) is 2. The Hall–Kier alpha value is -0.610. The highest BCUT2D eigenvalue weighted by molar-refractivity contribution is 5.81. The molecule has 0 aliphatic heterocycles. The Morgan fingerprint density at radius 2 is 1.44 bits per heavy atom. The fraction of sp³-hybridized carbons (Fsp3) is 0.952. The molecule has 0 aromatic heterocycles. The van der Waals surface area contributed by atoms with E-state index < -0.39 is 5.41 Å². The van der Waals surface area contributed by atoms with Crippen LogP contribution in [-0.4, -0.2) is 36.9 Å². The molecule has 0 rings (SSSR count). The van der Waals surface area contributed by atoms with Crippen molar-refractivity contribution in [3.63, 3.8) is 0 Å². The Kier molecular flexibility index (Phi) is 12.7. The number of rotatable bonds is 10. The van der Waals surface area contributed by atoms with Crippen molar-refractivity contribution in [3.05, 3.63) is 0 Å². The monoisotopic (exact) mass is 359 g/mol. The zero-order valence-corrected chi connectivity index (χ0v) is 18.8. The first-order chi connectivity index (χ1) is 11.3. The van der Waals surface area contributed by atoms with Gasteiger partial charge in [0, 0.05) is 25.2 Å². The summed E-state index contributed by atoms with van der Waals surface area (Å²) in [5.41, 5.74) is -0.958. The molecule has 0 aliphatic carbocycles. The number of carbonyl (C=O) groups excluding carboxylic acids is 1. The summed E-state index contributed by atoms with van der Waals surface area (Å²) in [6.07, 6.45) is 1.73. The second-order valence-corrected chi connectivity index (χ2v) is 9.07. The van der Waals surface area contributed by atoms with Gasteiger partial charge in [-0.3, -0.25) is 4.79 Å². The number of hydrogen-bond acceptors (Lipinski definition) is 3. The molecule has 4 nitrogen and oxygen atoms in total. The third kappa shape index (κ3) is 15.4. The van der Waals surface area contributed by atoms with Gasteiger partial charge in [0.1, 0.15) is 0 Å². The van der Waals surface area contributed by atoms with E-state index in [-0.39, 0.29) is 17.1 Å². The minimum atomic E-state index is -0.445. The second kappa shape index (κ2) is 11.9. The molecule has 25 heavy (non-hydrogen) atoms. The summed E-state index contributed by atoms with van der Waals surface area (Å²) < 4.78 is 11.6. The van der Waals surface area contributed by atoms with Crippen molar-refractivity contribution in [2.45, 2.75) is 100 Å². The van der Waals surface area contributed by atoms with Gasteiger partial charge in [0.15, 0.2) is 0 Å². The highest BCUT2D eigenvalue weighted by atomic mass is 16.5. The molecule has 0 saturated carbocycles. The van der Waals surface area contributed by atoms with Crippen molar-refractivity contribution < 1.29 is 14.3 Å². The van der Waals surface area contributed by atoms with Gasteiger partial charge in [0.25, 0.3) is 0 Å². The van der Waals surface area contributed by atoms with Gasteiger partial charge < -0.3 is 14.8 Å². The predicted octanol–water partition coefficient (Wildman–Crippen LogP) is 5.20. The molecular weight excluding hydrogens is 314 g/mol. The lowest BCUT2D eigenvalue weighted by molar-refractivity contribution is -0.132. The summed E-state index contributed by atoms with van der Waals surface area (Å²) in [4.78, 5) is 12.4. The molecule has 0 atom stereocenters. The van der Waals surface area contributed by atoms with Crippen molar-refractivity contribution in [1.82, 2.24) is 5.32 Å². The Morgan fingerprint density at radius 1 is 0.920 bits per heavy atom. The maximum absolute atomic E-state index is 12.4. The summed E-state index contributed by atoms with van der Waals surface area (Å²) >= 11 is 0. The molecule has 0 heterocycles. The van der Waals surface area contributed by atoms with Crippen molar-refractivity contribution in [1.29, 1.82) is 0 Å². The Balaban J connectivity index is 0. The summed E-state index contributed by atoms with van der Waals surface area (Å²) in [5.74, 6) is 0.678. The van der Waals surface area contributed by atoms with Gasteiger partial charge in [0.05, 0.1) is 11.2 Å². The molecule has 1 amide bonds. The second-order valence-electron chi connectivity index (χ2n) is 9.07. The molecule has 0 saturated heterocycles. The lowest BCUT2D eigenvalue weighted by atomic mass is 9.88. The standard InChI is InChI=1S/C19H39NO3.C2H6/c1-15(2)10-12-23-19(8,9)14-20-16(21)18(6,7)11-13-22-17(3,4)5;1-2/h15H,10-14H2,1-9H3,(H,20,21);1-2H3. The predicted molar refractivity (Wildman–Crippen MR) is 108 cm³/mol. The van der Waals surface area contributed by atoms with Crippen LogP contribution in [0.4, 0.5) is 0 Å². The van der Waals surface area contributed by atoms with E-state index in [0.717, 1.165) is 13.0 Å². The molecule has 0 aliphatic rings. The first kappa shape index (κ1) is 26.6. The summed E-state index contributed by atoms with van der Waals surface area (Å²) in [6, 6.07) is 0. The number of nitrogens with one attached hydrogen (secondary N) is 1. The van der Waals surface area contributed by atoms with Gasteiger partial charge in [-0.25, -0.2) is 0 Å². The van der Waals surface area contributed by atoms with Crippen LogP contribution in [0.15, 0.2) is 0 Å². The van der Waals surface area contributed by atoms with E-state index in [2.05, 4.69) is 19.2 Å². The molecule has 1 N–H and O–H groups in total. The average molecular weight is 360 g/mol. The molecule has 152 valence electrons. The molecular formula is C21H45NO3. The van der Waals surface area contributed by atoms with Gasteiger partial charge in [-0.1, -0.05) is 41.5 Å². The van der Waals surface area contributed by atoms with Gasteiger partial charge in [-0.2, -0.15) is 0 Å². The van der Waals surface area contributed by atoms with Crippen molar-refractivity contribution in [3.8, 4) is 0 Å². The minimum absolute atomic E-state index is 0.0514. The zero-order valence-electron chi connectivity index (χ0n) is 18.8. The topological polar surface area (TPSA) is 47.6 Å². The Bertz CT molecular complexity index is 355.